The third-order valence-electron chi connectivity index (χ3n) is 7.88. The Morgan fingerprint density at radius 2 is 1.27 bits per heavy atom. The van der Waals surface area contributed by atoms with E-state index in [1.54, 1.807) is 0 Å². The molecule has 0 aliphatic heterocycles. The quantitative estimate of drug-likeness (QED) is 0.316. The maximum atomic E-state index is 6.08. The van der Waals surface area contributed by atoms with Crippen LogP contribution >= 0.6 is 0 Å². The van der Waals surface area contributed by atoms with Crippen LogP contribution < -0.4 is 0 Å². The Hall–Kier alpha value is -0.0400. The summed E-state index contributed by atoms with van der Waals surface area (Å²) in [4.78, 5) is 0. The molecular weight excluding hydrogens is 316 g/mol. The van der Waals surface area contributed by atoms with Crippen LogP contribution in [0.5, 0.6) is 0 Å². The highest BCUT2D eigenvalue weighted by Gasteiger charge is 2.38. The third-order valence-corrected chi connectivity index (χ3v) is 7.88. The monoisotopic (exact) mass is 364 g/mol. The Kier molecular flexibility index (Phi) is 10.6. The molecule has 2 saturated carbocycles. The molecule has 0 aromatic rings. The van der Waals surface area contributed by atoms with Gasteiger partial charge in [-0.3, -0.25) is 0 Å². The molecule has 0 saturated heterocycles. The molecular formula is C25H48O. The highest BCUT2D eigenvalue weighted by molar-refractivity contribution is 4.90. The molecule has 26 heavy (non-hydrogen) atoms. The van der Waals surface area contributed by atoms with Crippen LogP contribution in [0.2, 0.25) is 0 Å². The Labute approximate surface area is 165 Å². The van der Waals surface area contributed by atoms with Gasteiger partial charge >= 0.3 is 0 Å². The van der Waals surface area contributed by atoms with Crippen molar-refractivity contribution < 1.29 is 4.74 Å². The second-order valence-corrected chi connectivity index (χ2v) is 9.67. The van der Waals surface area contributed by atoms with Gasteiger partial charge < -0.3 is 4.74 Å². The van der Waals surface area contributed by atoms with Gasteiger partial charge in [0.1, 0.15) is 0 Å². The average Bonchev–Trinajstić information content (AvgIpc) is 2.70. The first-order chi connectivity index (χ1) is 12.7. The molecule has 0 aromatic heterocycles. The van der Waals surface area contributed by atoms with Crippen LogP contribution in [0.15, 0.2) is 0 Å². The Morgan fingerprint density at radius 1 is 0.692 bits per heavy atom. The molecule has 0 unspecified atom stereocenters. The highest BCUT2D eigenvalue weighted by atomic mass is 16.5. The molecule has 0 N–H and O–H groups in total. The molecule has 0 amide bonds. The van der Waals surface area contributed by atoms with Gasteiger partial charge in [-0.1, -0.05) is 84.5 Å². The minimum Gasteiger partial charge on any atom is -0.378 e. The summed E-state index contributed by atoms with van der Waals surface area (Å²) in [7, 11) is 1.98. The highest BCUT2D eigenvalue weighted by Crippen LogP contribution is 2.45. The van der Waals surface area contributed by atoms with Crippen LogP contribution in [0.25, 0.3) is 0 Å². The normalized spacial score (nSPS) is 32.7. The van der Waals surface area contributed by atoms with Crippen molar-refractivity contribution in [2.75, 3.05) is 7.11 Å². The molecule has 0 bridgehead atoms. The van der Waals surface area contributed by atoms with E-state index in [9.17, 15) is 0 Å². The van der Waals surface area contributed by atoms with Gasteiger partial charge in [-0.15, -0.1) is 0 Å². The van der Waals surface area contributed by atoms with E-state index < -0.39 is 0 Å². The summed E-state index contributed by atoms with van der Waals surface area (Å²) in [5, 5.41) is 0. The van der Waals surface area contributed by atoms with E-state index in [0.29, 0.717) is 0 Å². The molecule has 1 nitrogen and oxygen atoms in total. The largest absolute Gasteiger partial charge is 0.378 e. The summed E-state index contributed by atoms with van der Waals surface area (Å²) in [5.41, 5.74) is 0.237. The van der Waals surface area contributed by atoms with Crippen LogP contribution in [0.1, 0.15) is 129 Å². The molecule has 2 fully saturated rings. The predicted molar refractivity (Wildman–Crippen MR) is 115 cm³/mol. The van der Waals surface area contributed by atoms with Gasteiger partial charge in [-0.05, 0) is 62.7 Å². The van der Waals surface area contributed by atoms with Crippen molar-refractivity contribution in [1.29, 1.82) is 0 Å². The second kappa shape index (κ2) is 12.4. The van der Waals surface area contributed by atoms with Crippen molar-refractivity contribution in [1.82, 2.24) is 0 Å². The molecule has 0 aromatic carbocycles. The number of hydrogen-bond donors (Lipinski definition) is 0. The van der Waals surface area contributed by atoms with Crippen molar-refractivity contribution in [2.45, 2.75) is 135 Å². The van der Waals surface area contributed by atoms with Gasteiger partial charge in [0.25, 0.3) is 0 Å². The summed E-state index contributed by atoms with van der Waals surface area (Å²) < 4.78 is 6.08. The minimum absolute atomic E-state index is 0.237. The zero-order chi connectivity index (χ0) is 18.7. The molecule has 2 aliphatic rings. The van der Waals surface area contributed by atoms with E-state index >= 15 is 0 Å². The Morgan fingerprint density at radius 3 is 1.85 bits per heavy atom. The summed E-state index contributed by atoms with van der Waals surface area (Å²) in [6.07, 6.45) is 25.7. The van der Waals surface area contributed by atoms with E-state index in [1.165, 1.54) is 116 Å². The topological polar surface area (TPSA) is 9.23 Å². The van der Waals surface area contributed by atoms with Crippen LogP contribution in [0, 0.1) is 17.8 Å². The van der Waals surface area contributed by atoms with E-state index in [4.69, 9.17) is 4.74 Å². The van der Waals surface area contributed by atoms with Crippen LogP contribution in [0.3, 0.4) is 0 Å². The third kappa shape index (κ3) is 7.17. The summed E-state index contributed by atoms with van der Waals surface area (Å²) >= 11 is 0. The van der Waals surface area contributed by atoms with Crippen LogP contribution in [-0.4, -0.2) is 12.7 Å². The van der Waals surface area contributed by atoms with E-state index in [-0.39, 0.29) is 5.60 Å². The van der Waals surface area contributed by atoms with Crippen molar-refractivity contribution in [3.05, 3.63) is 0 Å². The minimum atomic E-state index is 0.237. The number of unbranched alkanes of at least 4 members (excludes halogenated alkanes) is 6. The molecule has 0 atom stereocenters. The maximum absolute atomic E-state index is 6.08. The zero-order valence-electron chi connectivity index (χ0n) is 18.4. The maximum Gasteiger partial charge on any atom is 0.0679 e. The smallest absolute Gasteiger partial charge is 0.0679 e. The predicted octanol–water partition coefficient (Wildman–Crippen LogP) is 8.31. The SMILES string of the molecule is CCCCCCC1CCC(C2CCC(CCCCCC)(OC)CC2)CC1. The van der Waals surface area contributed by atoms with Gasteiger partial charge in [0, 0.05) is 7.11 Å². The summed E-state index contributed by atoms with van der Waals surface area (Å²) in [6, 6.07) is 0. The summed E-state index contributed by atoms with van der Waals surface area (Å²) in [5.74, 6) is 3.11. The van der Waals surface area contributed by atoms with E-state index in [2.05, 4.69) is 13.8 Å². The van der Waals surface area contributed by atoms with Gasteiger partial charge in [-0.2, -0.15) is 0 Å². The Balaban J connectivity index is 1.65. The molecule has 0 heterocycles. The second-order valence-electron chi connectivity index (χ2n) is 9.67. The lowest BCUT2D eigenvalue weighted by atomic mass is 9.67. The molecule has 1 heteroatoms. The fraction of sp³-hybridized carbons (Fsp3) is 1.00. The molecule has 0 radical (unpaired) electrons. The number of ether oxygens (including phenoxy) is 1. The van der Waals surface area contributed by atoms with E-state index in [0.717, 1.165) is 17.8 Å². The standard InChI is InChI=1S/C25H48O/c1-4-6-8-10-12-22-13-15-23(16-14-22)24-17-20-25(26-3,21-18-24)19-11-9-7-5-2/h22-24H,4-21H2,1-3H3. The number of rotatable bonds is 12. The van der Waals surface area contributed by atoms with Crippen molar-refractivity contribution in [3.8, 4) is 0 Å². The summed E-state index contributed by atoms with van der Waals surface area (Å²) in [6.45, 7) is 4.62. The van der Waals surface area contributed by atoms with Crippen LogP contribution in [-0.2, 0) is 4.74 Å². The van der Waals surface area contributed by atoms with Crippen molar-refractivity contribution in [3.63, 3.8) is 0 Å². The lowest BCUT2D eigenvalue weighted by Gasteiger charge is -2.43. The lowest BCUT2D eigenvalue weighted by Crippen LogP contribution is -2.38. The zero-order valence-corrected chi connectivity index (χ0v) is 18.4. The lowest BCUT2D eigenvalue weighted by molar-refractivity contribution is -0.0639. The molecule has 2 rings (SSSR count). The van der Waals surface area contributed by atoms with Crippen LogP contribution in [0.4, 0.5) is 0 Å². The van der Waals surface area contributed by atoms with Gasteiger partial charge in [0.05, 0.1) is 5.60 Å². The molecule has 0 spiro atoms. The van der Waals surface area contributed by atoms with E-state index in [1.807, 2.05) is 7.11 Å². The Bertz CT molecular complexity index is 334. The average molecular weight is 365 g/mol. The molecule has 2 aliphatic carbocycles. The van der Waals surface area contributed by atoms with Crippen molar-refractivity contribution in [2.24, 2.45) is 17.8 Å². The first-order valence-corrected chi connectivity index (χ1v) is 12.3. The van der Waals surface area contributed by atoms with Gasteiger partial charge in [0.15, 0.2) is 0 Å². The fourth-order valence-corrected chi connectivity index (χ4v) is 5.88. The van der Waals surface area contributed by atoms with Crippen molar-refractivity contribution >= 4 is 0 Å². The van der Waals surface area contributed by atoms with Gasteiger partial charge in [0.2, 0.25) is 0 Å². The van der Waals surface area contributed by atoms with Gasteiger partial charge in [-0.25, -0.2) is 0 Å². The number of hydrogen-bond acceptors (Lipinski definition) is 1. The fourth-order valence-electron chi connectivity index (χ4n) is 5.88. The first-order valence-electron chi connectivity index (χ1n) is 12.3. The molecule has 154 valence electrons. The first kappa shape index (κ1) is 22.3. The number of methoxy groups -OCH3 is 1.